The number of nitrogens with two attached hydrogens (primary N) is 1. The van der Waals surface area contributed by atoms with Crippen molar-refractivity contribution in [2.75, 3.05) is 5.32 Å². The molecule has 1 aromatic carbocycles. The number of nitrogens with one attached hydrogen (secondary N) is 3. The molecule has 21 heavy (non-hydrogen) atoms. The molecule has 0 radical (unpaired) electrons. The maximum atomic E-state index is 11.4. The fourth-order valence-corrected chi connectivity index (χ4v) is 2.20. The van der Waals surface area contributed by atoms with E-state index in [0.29, 0.717) is 12.3 Å². The Bertz CT molecular complexity index is 523. The average molecular weight is 289 g/mol. The summed E-state index contributed by atoms with van der Waals surface area (Å²) < 4.78 is 0. The first-order chi connectivity index (χ1) is 9.94. The van der Waals surface area contributed by atoms with Crippen molar-refractivity contribution >= 4 is 17.6 Å². The summed E-state index contributed by atoms with van der Waals surface area (Å²) in [7, 11) is 0. The van der Waals surface area contributed by atoms with Gasteiger partial charge < -0.3 is 16.4 Å². The molecule has 0 aliphatic carbocycles. The van der Waals surface area contributed by atoms with Gasteiger partial charge in [-0.15, -0.1) is 0 Å². The number of hydrogen-bond donors (Lipinski definition) is 4. The molecule has 1 aliphatic rings. The van der Waals surface area contributed by atoms with E-state index < -0.39 is 6.29 Å². The SMILES string of the molecule is CC1CC(=O)NC(/N=C(\N)Nc2ccc(C(C)C)cc2)N1. The van der Waals surface area contributed by atoms with E-state index in [1.165, 1.54) is 5.56 Å². The van der Waals surface area contributed by atoms with E-state index in [0.717, 1.165) is 5.69 Å². The van der Waals surface area contributed by atoms with Gasteiger partial charge in [0.15, 0.2) is 12.2 Å². The van der Waals surface area contributed by atoms with E-state index >= 15 is 0 Å². The van der Waals surface area contributed by atoms with Crippen LogP contribution in [0.1, 0.15) is 38.7 Å². The van der Waals surface area contributed by atoms with Gasteiger partial charge in [0.05, 0.1) is 0 Å². The first-order valence-electron chi connectivity index (χ1n) is 7.19. The van der Waals surface area contributed by atoms with Crippen LogP contribution < -0.4 is 21.7 Å². The molecule has 1 heterocycles. The van der Waals surface area contributed by atoms with Crippen LogP contribution >= 0.6 is 0 Å². The van der Waals surface area contributed by atoms with Crippen LogP contribution in [0.3, 0.4) is 0 Å². The van der Waals surface area contributed by atoms with Crippen molar-refractivity contribution in [3.05, 3.63) is 29.8 Å². The Morgan fingerprint density at radius 2 is 2.05 bits per heavy atom. The third-order valence-corrected chi connectivity index (χ3v) is 3.35. The Labute approximate surface area is 125 Å². The number of rotatable bonds is 3. The number of anilines is 1. The molecule has 2 unspecified atom stereocenters. The topological polar surface area (TPSA) is 91.5 Å². The molecule has 1 fully saturated rings. The zero-order valence-corrected chi connectivity index (χ0v) is 12.7. The van der Waals surface area contributed by atoms with Crippen molar-refractivity contribution in [1.29, 1.82) is 0 Å². The molecular weight excluding hydrogens is 266 g/mol. The molecule has 1 saturated heterocycles. The fourth-order valence-electron chi connectivity index (χ4n) is 2.20. The van der Waals surface area contributed by atoms with Gasteiger partial charge in [0, 0.05) is 18.2 Å². The van der Waals surface area contributed by atoms with Gasteiger partial charge in [-0.25, -0.2) is 4.99 Å². The molecule has 114 valence electrons. The molecule has 1 amide bonds. The van der Waals surface area contributed by atoms with Gasteiger partial charge in [-0.1, -0.05) is 26.0 Å². The summed E-state index contributed by atoms with van der Waals surface area (Å²) in [6.07, 6.45) is -0.0283. The molecule has 0 saturated carbocycles. The Morgan fingerprint density at radius 3 is 2.62 bits per heavy atom. The number of nitrogens with zero attached hydrogens (tertiary/aromatic N) is 1. The highest BCUT2D eigenvalue weighted by Crippen LogP contribution is 2.16. The van der Waals surface area contributed by atoms with Crippen LogP contribution in [0.15, 0.2) is 29.3 Å². The summed E-state index contributed by atoms with van der Waals surface area (Å²) in [6, 6.07) is 8.14. The lowest BCUT2D eigenvalue weighted by molar-refractivity contribution is -0.124. The number of amides is 1. The Morgan fingerprint density at radius 1 is 1.38 bits per heavy atom. The van der Waals surface area contributed by atoms with Gasteiger partial charge in [-0.05, 0) is 30.5 Å². The maximum absolute atomic E-state index is 11.4. The van der Waals surface area contributed by atoms with Crippen LogP contribution in [0.25, 0.3) is 0 Å². The minimum atomic E-state index is -0.483. The van der Waals surface area contributed by atoms with Crippen molar-refractivity contribution in [1.82, 2.24) is 10.6 Å². The van der Waals surface area contributed by atoms with Gasteiger partial charge >= 0.3 is 0 Å². The highest BCUT2D eigenvalue weighted by Gasteiger charge is 2.22. The summed E-state index contributed by atoms with van der Waals surface area (Å²) in [6.45, 7) is 6.24. The molecular formula is C15H23N5O. The number of carbonyl (C=O) groups is 1. The summed E-state index contributed by atoms with van der Waals surface area (Å²) >= 11 is 0. The van der Waals surface area contributed by atoms with E-state index in [4.69, 9.17) is 5.73 Å². The van der Waals surface area contributed by atoms with Gasteiger partial charge in [-0.3, -0.25) is 10.1 Å². The second-order valence-electron chi connectivity index (χ2n) is 5.66. The predicted molar refractivity (Wildman–Crippen MR) is 84.9 cm³/mol. The molecule has 0 bridgehead atoms. The van der Waals surface area contributed by atoms with Crippen LogP contribution in [0.5, 0.6) is 0 Å². The third-order valence-electron chi connectivity index (χ3n) is 3.35. The van der Waals surface area contributed by atoms with Crippen molar-refractivity contribution in [2.24, 2.45) is 10.7 Å². The quantitative estimate of drug-likeness (QED) is 0.499. The number of aliphatic imine (C=N–C) groups is 1. The Balaban J connectivity index is 1.98. The molecule has 1 aromatic rings. The predicted octanol–water partition coefficient (Wildman–Crippen LogP) is 1.32. The monoisotopic (exact) mass is 289 g/mol. The molecule has 0 aromatic heterocycles. The number of benzene rings is 1. The standard InChI is InChI=1S/C15H23N5O/c1-9(2)11-4-6-12(7-5-11)18-14(16)20-15-17-10(3)8-13(21)19-15/h4-7,9-10,15,17H,8H2,1-3H3,(H,19,21)(H3,16,18,20). The van der Waals surface area contributed by atoms with Gasteiger partial charge in [0.1, 0.15) is 0 Å². The van der Waals surface area contributed by atoms with Crippen LogP contribution in [-0.2, 0) is 4.79 Å². The van der Waals surface area contributed by atoms with Gasteiger partial charge in [0.2, 0.25) is 5.91 Å². The third kappa shape index (κ3) is 4.46. The van der Waals surface area contributed by atoms with E-state index in [2.05, 4.69) is 46.9 Å². The molecule has 2 rings (SSSR count). The van der Waals surface area contributed by atoms with Crippen LogP contribution in [0.2, 0.25) is 0 Å². The molecule has 5 N–H and O–H groups in total. The average Bonchev–Trinajstić information content (AvgIpc) is 2.37. The van der Waals surface area contributed by atoms with E-state index in [9.17, 15) is 4.79 Å². The fraction of sp³-hybridized carbons (Fsp3) is 0.467. The van der Waals surface area contributed by atoms with E-state index in [1.807, 2.05) is 19.1 Å². The molecule has 1 aliphatic heterocycles. The minimum absolute atomic E-state index is 0.0240. The van der Waals surface area contributed by atoms with Crippen LogP contribution in [0, 0.1) is 0 Å². The Kier molecular flexibility index (Phi) is 4.80. The minimum Gasteiger partial charge on any atom is -0.370 e. The lowest BCUT2D eigenvalue weighted by atomic mass is 10.0. The zero-order valence-electron chi connectivity index (χ0n) is 12.7. The lowest BCUT2D eigenvalue weighted by Gasteiger charge is -2.26. The van der Waals surface area contributed by atoms with E-state index in [1.54, 1.807) is 0 Å². The molecule has 2 atom stereocenters. The number of hydrogen-bond acceptors (Lipinski definition) is 3. The van der Waals surface area contributed by atoms with Crippen LogP contribution in [-0.4, -0.2) is 24.2 Å². The smallest absolute Gasteiger partial charge is 0.224 e. The molecule has 6 heteroatoms. The number of guanidine groups is 1. The normalized spacial score (nSPS) is 23.0. The van der Waals surface area contributed by atoms with Crippen LogP contribution in [0.4, 0.5) is 5.69 Å². The lowest BCUT2D eigenvalue weighted by Crippen LogP contribution is -2.55. The van der Waals surface area contributed by atoms with E-state index in [-0.39, 0.29) is 17.9 Å². The first-order valence-corrected chi connectivity index (χ1v) is 7.19. The first kappa shape index (κ1) is 15.3. The van der Waals surface area contributed by atoms with Crippen molar-refractivity contribution in [2.45, 2.75) is 45.4 Å². The largest absolute Gasteiger partial charge is 0.370 e. The van der Waals surface area contributed by atoms with Gasteiger partial charge in [0.25, 0.3) is 0 Å². The molecule has 6 nitrogen and oxygen atoms in total. The number of carbonyl (C=O) groups excluding carboxylic acids is 1. The second-order valence-corrected chi connectivity index (χ2v) is 5.66. The summed E-state index contributed by atoms with van der Waals surface area (Å²) in [5, 5.41) is 8.90. The van der Waals surface area contributed by atoms with Crippen molar-refractivity contribution < 1.29 is 4.79 Å². The summed E-state index contributed by atoms with van der Waals surface area (Å²) in [5.41, 5.74) is 8.01. The maximum Gasteiger partial charge on any atom is 0.224 e. The summed E-state index contributed by atoms with van der Waals surface area (Å²) in [5.74, 6) is 0.733. The Hall–Kier alpha value is -2.08. The summed E-state index contributed by atoms with van der Waals surface area (Å²) in [4.78, 5) is 15.7. The zero-order chi connectivity index (χ0) is 15.4. The van der Waals surface area contributed by atoms with Crippen molar-refractivity contribution in [3.8, 4) is 0 Å². The second kappa shape index (κ2) is 6.58. The molecule has 0 spiro atoms. The van der Waals surface area contributed by atoms with Crippen molar-refractivity contribution in [3.63, 3.8) is 0 Å². The highest BCUT2D eigenvalue weighted by atomic mass is 16.2. The van der Waals surface area contributed by atoms with Gasteiger partial charge in [-0.2, -0.15) is 0 Å². The highest BCUT2D eigenvalue weighted by molar-refractivity contribution is 5.92.